The van der Waals surface area contributed by atoms with Gasteiger partial charge in [-0.25, -0.2) is 0 Å². The van der Waals surface area contributed by atoms with Crippen LogP contribution in [0.3, 0.4) is 0 Å². The van der Waals surface area contributed by atoms with Gasteiger partial charge >= 0.3 is 146 Å². The molecule has 5 heteroatoms. The zero-order valence-electron chi connectivity index (χ0n) is 12.7. The zero-order valence-corrected chi connectivity index (χ0v) is 15.1. The molecule has 3 aliphatic rings. The van der Waals surface area contributed by atoms with Crippen LogP contribution in [-0.2, 0) is 0 Å². The molecule has 4 nitrogen and oxygen atoms in total. The quantitative estimate of drug-likeness (QED) is 0.597. The fourth-order valence-electron chi connectivity index (χ4n) is 2.81. The third kappa shape index (κ3) is 2.73. The van der Waals surface area contributed by atoms with E-state index in [0.29, 0.717) is 0 Å². The molecule has 0 aromatic carbocycles. The van der Waals surface area contributed by atoms with E-state index in [9.17, 15) is 0 Å². The summed E-state index contributed by atoms with van der Waals surface area (Å²) < 4.78 is 9.38. The van der Waals surface area contributed by atoms with Crippen molar-refractivity contribution < 1.29 is 0 Å². The molecule has 0 radical (unpaired) electrons. The van der Waals surface area contributed by atoms with Crippen LogP contribution in [0.2, 0.25) is 0 Å². The topological polar surface area (TPSA) is 56.3 Å². The van der Waals surface area contributed by atoms with Crippen LogP contribution >= 0.6 is 0 Å². The molecule has 2 aromatic heterocycles. The number of fused-ring (bicyclic) bond motifs is 6. The van der Waals surface area contributed by atoms with Gasteiger partial charge in [0.25, 0.3) is 0 Å². The van der Waals surface area contributed by atoms with E-state index in [1.807, 2.05) is 0 Å². The first kappa shape index (κ1) is 13.9. The molecule has 2 N–H and O–H groups in total. The zero-order chi connectivity index (χ0) is 15.9. The first-order valence-corrected chi connectivity index (χ1v) is 11.4. The number of hydrogen-bond acceptors (Lipinski definition) is 2. The van der Waals surface area contributed by atoms with Crippen molar-refractivity contribution in [2.24, 2.45) is 8.24 Å². The first-order chi connectivity index (χ1) is 11.8. The van der Waals surface area contributed by atoms with Crippen LogP contribution in [0.25, 0.3) is 18.2 Å². The number of aromatic nitrogens is 2. The predicted molar refractivity (Wildman–Crippen MR) is 102 cm³/mol. The molecule has 0 fully saturated rings. The molecule has 24 heavy (non-hydrogen) atoms. The van der Waals surface area contributed by atoms with Crippen molar-refractivity contribution in [2.45, 2.75) is 0 Å². The number of nitrogens with zero attached hydrogens (tertiary/aromatic N) is 2. The van der Waals surface area contributed by atoms with Gasteiger partial charge in [0.1, 0.15) is 0 Å². The summed E-state index contributed by atoms with van der Waals surface area (Å²) >= 11 is -1.73. The number of allylic oxidation sites excluding steroid dienone is 3. The summed E-state index contributed by atoms with van der Waals surface area (Å²) in [6.07, 6.45) is 12.5. The molecule has 5 heterocycles. The summed E-state index contributed by atoms with van der Waals surface area (Å²) in [6.45, 7) is 0. The number of hydrogen-bond donors (Lipinski definition) is 2. The van der Waals surface area contributed by atoms with Gasteiger partial charge in [-0.3, -0.25) is 0 Å². The van der Waals surface area contributed by atoms with Gasteiger partial charge < -0.3 is 0 Å². The Balaban J connectivity index is 1.72. The summed E-state index contributed by atoms with van der Waals surface area (Å²) in [5, 5.41) is 2.14. The van der Waals surface area contributed by atoms with Crippen LogP contribution in [0.1, 0.15) is 11.4 Å². The number of rotatable bonds is 0. The number of H-pyrrole nitrogens is 2. The molecule has 116 valence electrons. The molecule has 2 aromatic rings. The van der Waals surface area contributed by atoms with E-state index in [0.717, 1.165) is 39.2 Å². The summed E-state index contributed by atoms with van der Waals surface area (Å²) in [5.41, 5.74) is 5.16. The second-order valence-electron chi connectivity index (χ2n) is 5.75. The van der Waals surface area contributed by atoms with E-state index in [2.05, 4.69) is 83.9 Å². The molecular formula is C19H14N4Te. The summed E-state index contributed by atoms with van der Waals surface area (Å²) in [6, 6.07) is 8.32. The van der Waals surface area contributed by atoms with Crippen molar-refractivity contribution >= 4 is 53.1 Å². The molecule has 5 rings (SSSR count). The van der Waals surface area contributed by atoms with Crippen LogP contribution in [0.15, 0.2) is 60.5 Å². The Labute approximate surface area is 145 Å². The van der Waals surface area contributed by atoms with E-state index in [-0.39, 0.29) is 0 Å². The van der Waals surface area contributed by atoms with Crippen LogP contribution in [0, 0.1) is 0 Å². The van der Waals surface area contributed by atoms with E-state index >= 15 is 0 Å². The molecular weight excluding hydrogens is 412 g/mol. The number of nitrogens with one attached hydrogen (secondary N) is 2. The van der Waals surface area contributed by atoms with Crippen molar-refractivity contribution in [2.75, 3.05) is 0 Å². The Morgan fingerprint density at radius 3 is 2.50 bits per heavy atom. The third-order valence-electron chi connectivity index (χ3n) is 3.89. The second-order valence-corrected chi connectivity index (χ2v) is 9.70. The van der Waals surface area contributed by atoms with Gasteiger partial charge in [0.05, 0.1) is 0 Å². The first-order valence-electron chi connectivity index (χ1n) is 7.70. The van der Waals surface area contributed by atoms with Gasteiger partial charge in [0.2, 0.25) is 0 Å². The van der Waals surface area contributed by atoms with Gasteiger partial charge in [0.15, 0.2) is 0 Å². The Hall–Kier alpha value is -2.48. The van der Waals surface area contributed by atoms with E-state index in [4.69, 9.17) is 3.24 Å². The molecule has 0 spiro atoms. The molecule has 0 saturated carbocycles. The Kier molecular flexibility index (Phi) is 3.22. The van der Waals surface area contributed by atoms with E-state index < -0.39 is 19.3 Å². The van der Waals surface area contributed by atoms with Crippen molar-refractivity contribution in [1.82, 2.24) is 9.97 Å². The average molecular weight is 426 g/mol. The van der Waals surface area contributed by atoms with Crippen LogP contribution < -0.4 is 10.7 Å². The van der Waals surface area contributed by atoms with Gasteiger partial charge in [-0.1, -0.05) is 0 Å². The van der Waals surface area contributed by atoms with E-state index in [1.54, 1.807) is 0 Å². The maximum atomic E-state index is 4.87. The Morgan fingerprint density at radius 1 is 0.750 bits per heavy atom. The summed E-state index contributed by atoms with van der Waals surface area (Å²) in [4.78, 5) is 11.5. The molecule has 8 bridgehead atoms. The van der Waals surface area contributed by atoms with Crippen LogP contribution in [-0.4, -0.2) is 44.8 Å². The van der Waals surface area contributed by atoms with Crippen molar-refractivity contribution in [3.63, 3.8) is 0 Å². The van der Waals surface area contributed by atoms with Crippen molar-refractivity contribution in [3.05, 3.63) is 74.4 Å². The average Bonchev–Trinajstić information content (AvgIpc) is 3.32. The molecule has 0 atom stereocenters. The Bertz CT molecular complexity index is 1150. The molecule has 0 unspecified atom stereocenters. The normalized spacial score (nSPS) is 18.4. The fraction of sp³-hybridized carbons (Fsp3) is 0. The molecule has 3 aliphatic heterocycles. The van der Waals surface area contributed by atoms with Crippen molar-refractivity contribution in [3.8, 4) is 0 Å². The van der Waals surface area contributed by atoms with E-state index in [1.165, 1.54) is 0 Å². The van der Waals surface area contributed by atoms with Gasteiger partial charge in [-0.05, 0) is 0 Å². The van der Waals surface area contributed by atoms with Crippen LogP contribution in [0.4, 0.5) is 0 Å². The molecule has 0 aliphatic carbocycles. The SMILES string of the molecule is C1=CC2=NC1=Cc1ccc([nH]1)C=c1ccc([nH]1)=CC1=N[Te](=C2)C=C1. The standard InChI is InChI=1S/C19H14N4Te/c1-2-15-10-16-5-6-19(22-16)12-24-8-7-18(23-24)11-17-4-3-14(21-17)9-13(1)20-15/h1-12,20-21H. The maximum absolute atomic E-state index is 4.87. The third-order valence-corrected chi connectivity index (χ3v) is 7.66. The minimum atomic E-state index is -1.73. The Morgan fingerprint density at radius 2 is 1.58 bits per heavy atom. The second kappa shape index (κ2) is 5.55. The van der Waals surface area contributed by atoms with Gasteiger partial charge in [0, 0.05) is 0 Å². The predicted octanol–water partition coefficient (Wildman–Crippen LogP) is 1.24. The monoisotopic (exact) mass is 428 g/mol. The summed E-state index contributed by atoms with van der Waals surface area (Å²) in [5.74, 6) is 0. The minimum absolute atomic E-state index is 0.973. The molecule has 0 amide bonds. The number of aliphatic imine (C=N–C) groups is 1. The fourth-order valence-corrected chi connectivity index (χ4v) is 6.25. The van der Waals surface area contributed by atoms with Gasteiger partial charge in [-0.15, -0.1) is 0 Å². The van der Waals surface area contributed by atoms with Gasteiger partial charge in [-0.2, -0.15) is 0 Å². The molecule has 0 saturated heterocycles. The summed E-state index contributed by atoms with van der Waals surface area (Å²) in [7, 11) is 0. The number of aromatic amines is 2. The van der Waals surface area contributed by atoms with Crippen molar-refractivity contribution in [1.29, 1.82) is 0 Å². The van der Waals surface area contributed by atoms with Crippen LogP contribution in [0.5, 0.6) is 0 Å².